The molecule has 0 spiro atoms. The van der Waals surface area contributed by atoms with E-state index in [9.17, 15) is 4.79 Å². The molecule has 2 aromatic rings. The summed E-state index contributed by atoms with van der Waals surface area (Å²) >= 11 is 3.34. The summed E-state index contributed by atoms with van der Waals surface area (Å²) in [6.07, 6.45) is 0. The summed E-state index contributed by atoms with van der Waals surface area (Å²) < 4.78 is 0. The number of nitrogens with zero attached hydrogens (tertiary/aromatic N) is 4. The van der Waals surface area contributed by atoms with Crippen LogP contribution in [-0.2, 0) is 12.4 Å². The Bertz CT molecular complexity index is 522. The summed E-state index contributed by atoms with van der Waals surface area (Å²) in [4.78, 5) is 13.1. The van der Waals surface area contributed by atoms with Gasteiger partial charge < -0.3 is 0 Å². The number of hydrogen-bond donors (Lipinski definition) is 1. The van der Waals surface area contributed by atoms with Crippen molar-refractivity contribution in [2.24, 2.45) is 7.05 Å². The van der Waals surface area contributed by atoms with Gasteiger partial charge in [-0.1, -0.05) is 33.2 Å². The van der Waals surface area contributed by atoms with Crippen LogP contribution in [0.25, 0.3) is 0 Å². The number of halogens is 1. The highest BCUT2D eigenvalue weighted by molar-refractivity contribution is 9.08. The number of nitrogens with one attached hydrogen (secondary N) is 1. The fourth-order valence-corrected chi connectivity index (χ4v) is 1.63. The van der Waals surface area contributed by atoms with Gasteiger partial charge in [-0.05, 0) is 22.9 Å². The molecule has 0 atom stereocenters. The van der Waals surface area contributed by atoms with Crippen molar-refractivity contribution in [3.63, 3.8) is 0 Å². The van der Waals surface area contributed by atoms with Crippen LogP contribution in [0.2, 0.25) is 0 Å². The molecule has 0 aliphatic rings. The number of anilines is 1. The highest BCUT2D eigenvalue weighted by atomic mass is 79.9. The first-order valence-corrected chi connectivity index (χ1v) is 6.01. The van der Waals surface area contributed by atoms with Gasteiger partial charge >= 0.3 is 0 Å². The summed E-state index contributed by atoms with van der Waals surface area (Å²) in [5.41, 5.74) is 1.67. The number of carbonyl (C=O) groups is 1. The molecule has 0 unspecified atom stereocenters. The topological polar surface area (TPSA) is 72.7 Å². The van der Waals surface area contributed by atoms with Gasteiger partial charge in [0.05, 0.1) is 7.05 Å². The van der Waals surface area contributed by atoms with Gasteiger partial charge in [-0.3, -0.25) is 10.1 Å². The second-order valence-corrected chi connectivity index (χ2v) is 3.95. The number of amides is 1. The highest BCUT2D eigenvalue weighted by Gasteiger charge is 2.08. The van der Waals surface area contributed by atoms with Crippen LogP contribution in [-0.4, -0.2) is 26.1 Å². The van der Waals surface area contributed by atoms with Crippen LogP contribution in [0.4, 0.5) is 5.95 Å². The maximum Gasteiger partial charge on any atom is 0.270 e. The quantitative estimate of drug-likeness (QED) is 0.868. The van der Waals surface area contributed by atoms with Crippen LogP contribution in [0.1, 0.15) is 15.9 Å². The summed E-state index contributed by atoms with van der Waals surface area (Å²) in [5, 5.41) is 14.5. The Morgan fingerprint density at radius 3 is 2.65 bits per heavy atom. The van der Waals surface area contributed by atoms with E-state index in [2.05, 4.69) is 36.7 Å². The van der Waals surface area contributed by atoms with E-state index in [1.807, 2.05) is 12.1 Å². The molecular formula is C10H10BrN5O. The van der Waals surface area contributed by atoms with Gasteiger partial charge in [0.1, 0.15) is 0 Å². The van der Waals surface area contributed by atoms with Crippen molar-refractivity contribution in [3.05, 3.63) is 35.4 Å². The average Bonchev–Trinajstić information content (AvgIpc) is 2.75. The molecule has 2 rings (SSSR count). The molecule has 0 bridgehead atoms. The third kappa shape index (κ3) is 2.88. The molecule has 17 heavy (non-hydrogen) atoms. The van der Waals surface area contributed by atoms with E-state index in [0.29, 0.717) is 5.56 Å². The fraction of sp³-hybridized carbons (Fsp3) is 0.200. The molecule has 1 N–H and O–H groups in total. The zero-order chi connectivity index (χ0) is 12.3. The maximum absolute atomic E-state index is 11.8. The predicted octanol–water partition coefficient (Wildman–Crippen LogP) is 1.36. The number of tetrazole rings is 1. The molecular weight excluding hydrogens is 286 g/mol. The van der Waals surface area contributed by atoms with E-state index >= 15 is 0 Å². The predicted molar refractivity (Wildman–Crippen MR) is 65.8 cm³/mol. The monoisotopic (exact) mass is 295 g/mol. The van der Waals surface area contributed by atoms with Crippen LogP contribution in [0, 0.1) is 0 Å². The normalized spacial score (nSPS) is 10.2. The van der Waals surface area contributed by atoms with Gasteiger partial charge in [-0.15, -0.1) is 5.10 Å². The number of aromatic nitrogens is 4. The van der Waals surface area contributed by atoms with Gasteiger partial charge in [0.2, 0.25) is 0 Å². The summed E-state index contributed by atoms with van der Waals surface area (Å²) in [5.74, 6) is -0.0545. The van der Waals surface area contributed by atoms with Gasteiger partial charge in [-0.25, -0.2) is 0 Å². The van der Waals surface area contributed by atoms with Crippen LogP contribution in [0.15, 0.2) is 24.3 Å². The molecule has 0 saturated heterocycles. The number of carbonyl (C=O) groups excluding carboxylic acids is 1. The van der Waals surface area contributed by atoms with Crippen molar-refractivity contribution in [2.45, 2.75) is 5.33 Å². The molecule has 7 heteroatoms. The summed E-state index contributed by atoms with van der Waals surface area (Å²) in [6, 6.07) is 7.27. The molecule has 0 aliphatic heterocycles. The van der Waals surface area contributed by atoms with Crippen molar-refractivity contribution in [1.29, 1.82) is 0 Å². The van der Waals surface area contributed by atoms with E-state index in [4.69, 9.17) is 0 Å². The molecule has 1 amide bonds. The molecule has 88 valence electrons. The second kappa shape index (κ2) is 5.05. The van der Waals surface area contributed by atoms with E-state index in [0.717, 1.165) is 10.9 Å². The Hall–Kier alpha value is -1.76. The van der Waals surface area contributed by atoms with Gasteiger partial charge in [-0.2, -0.15) is 4.80 Å². The Balaban J connectivity index is 2.09. The molecule has 0 radical (unpaired) electrons. The van der Waals surface area contributed by atoms with Crippen molar-refractivity contribution < 1.29 is 4.79 Å². The Morgan fingerprint density at radius 2 is 2.12 bits per heavy atom. The lowest BCUT2D eigenvalue weighted by molar-refractivity contribution is 0.102. The first kappa shape index (κ1) is 11.7. The standard InChI is InChI=1S/C10H10BrN5O/c1-16-14-10(13-15-16)12-9(17)8-4-2-7(6-11)3-5-8/h2-5H,6H2,1H3,(H,12,14,17). The van der Waals surface area contributed by atoms with Crippen LogP contribution in [0.3, 0.4) is 0 Å². The van der Waals surface area contributed by atoms with Crippen LogP contribution in [0.5, 0.6) is 0 Å². The summed E-state index contributed by atoms with van der Waals surface area (Å²) in [7, 11) is 1.63. The van der Waals surface area contributed by atoms with Gasteiger partial charge in [0.25, 0.3) is 11.9 Å². The number of rotatable bonds is 3. The molecule has 1 aromatic heterocycles. The Kier molecular flexibility index (Phi) is 3.48. The lowest BCUT2D eigenvalue weighted by Crippen LogP contribution is -2.13. The van der Waals surface area contributed by atoms with Gasteiger partial charge in [0, 0.05) is 10.9 Å². The largest absolute Gasteiger partial charge is 0.288 e. The summed E-state index contributed by atoms with van der Waals surface area (Å²) in [6.45, 7) is 0. The first-order chi connectivity index (χ1) is 8.19. The van der Waals surface area contributed by atoms with Crippen molar-refractivity contribution in [1.82, 2.24) is 20.2 Å². The SMILES string of the molecule is Cn1nnc(NC(=O)c2ccc(CBr)cc2)n1. The minimum absolute atomic E-state index is 0.196. The molecule has 0 aliphatic carbocycles. The number of benzene rings is 1. The average molecular weight is 296 g/mol. The Morgan fingerprint density at radius 1 is 1.41 bits per heavy atom. The number of hydrogen-bond acceptors (Lipinski definition) is 4. The molecule has 1 heterocycles. The Labute approximate surface area is 106 Å². The van der Waals surface area contributed by atoms with E-state index in [1.54, 1.807) is 19.2 Å². The van der Waals surface area contributed by atoms with Gasteiger partial charge in [0.15, 0.2) is 0 Å². The zero-order valence-corrected chi connectivity index (χ0v) is 10.7. The minimum atomic E-state index is -0.251. The molecule has 0 fully saturated rings. The highest BCUT2D eigenvalue weighted by Crippen LogP contribution is 2.09. The molecule has 6 nitrogen and oxygen atoms in total. The maximum atomic E-state index is 11.8. The molecule has 0 saturated carbocycles. The lowest BCUT2D eigenvalue weighted by Gasteiger charge is -2.01. The van der Waals surface area contributed by atoms with E-state index in [1.165, 1.54) is 4.80 Å². The smallest absolute Gasteiger partial charge is 0.270 e. The third-order valence-corrected chi connectivity index (χ3v) is 2.75. The zero-order valence-electron chi connectivity index (χ0n) is 9.09. The second-order valence-electron chi connectivity index (χ2n) is 3.39. The number of alkyl halides is 1. The van der Waals surface area contributed by atoms with E-state index in [-0.39, 0.29) is 11.9 Å². The van der Waals surface area contributed by atoms with Crippen LogP contribution >= 0.6 is 15.9 Å². The molecule has 1 aromatic carbocycles. The fourth-order valence-electron chi connectivity index (χ4n) is 1.25. The van der Waals surface area contributed by atoms with Crippen molar-refractivity contribution in [3.8, 4) is 0 Å². The van der Waals surface area contributed by atoms with Crippen LogP contribution < -0.4 is 5.32 Å². The van der Waals surface area contributed by atoms with Crippen molar-refractivity contribution >= 4 is 27.8 Å². The third-order valence-electron chi connectivity index (χ3n) is 2.10. The first-order valence-electron chi connectivity index (χ1n) is 4.89. The van der Waals surface area contributed by atoms with E-state index < -0.39 is 0 Å². The van der Waals surface area contributed by atoms with Crippen molar-refractivity contribution in [2.75, 3.05) is 5.32 Å². The lowest BCUT2D eigenvalue weighted by atomic mass is 10.1. The number of aryl methyl sites for hydroxylation is 1. The minimum Gasteiger partial charge on any atom is -0.288 e.